The second-order valence-corrected chi connectivity index (χ2v) is 7.14. The molecule has 2 heterocycles. The summed E-state index contributed by atoms with van der Waals surface area (Å²) in [6.07, 6.45) is 2.72. The number of aromatic nitrogens is 1. The Kier molecular flexibility index (Phi) is 5.27. The van der Waals surface area contributed by atoms with Crippen molar-refractivity contribution in [3.8, 4) is 0 Å². The van der Waals surface area contributed by atoms with Crippen molar-refractivity contribution >= 4 is 39.1 Å². The molecule has 0 aliphatic rings. The van der Waals surface area contributed by atoms with Gasteiger partial charge in [-0.05, 0) is 29.7 Å². The highest BCUT2D eigenvalue weighted by Crippen LogP contribution is 2.29. The van der Waals surface area contributed by atoms with Crippen LogP contribution in [0.25, 0.3) is 10.1 Å². The highest BCUT2D eigenvalue weighted by Gasteiger charge is 2.12. The minimum Gasteiger partial charge on any atom is -0.386 e. The molecule has 1 aromatic carbocycles. The Morgan fingerprint density at radius 3 is 2.83 bits per heavy atom. The maximum atomic E-state index is 11.9. The first kappa shape index (κ1) is 16.0. The van der Waals surface area contributed by atoms with E-state index in [4.69, 9.17) is 0 Å². The molecule has 118 valence electrons. The third-order valence-electron chi connectivity index (χ3n) is 3.29. The van der Waals surface area contributed by atoms with Gasteiger partial charge in [0.25, 0.3) is 0 Å². The molecule has 1 unspecified atom stereocenters. The minimum atomic E-state index is -0.678. The number of pyridine rings is 1. The molecule has 4 nitrogen and oxygen atoms in total. The summed E-state index contributed by atoms with van der Waals surface area (Å²) in [5.74, 6) is 0.232. The first-order chi connectivity index (χ1) is 11.2. The zero-order valence-electron chi connectivity index (χ0n) is 12.3. The molecule has 3 aromatic rings. The summed E-state index contributed by atoms with van der Waals surface area (Å²) in [6.45, 7) is 0.225. The fourth-order valence-corrected chi connectivity index (χ4v) is 3.88. The number of amides is 1. The second kappa shape index (κ2) is 7.59. The fraction of sp³-hybridized carbons (Fsp3) is 0.176. The SMILES string of the molecule is O=C(CSc1ccncc1)NCC(O)c1cc2ccccc2s1. The van der Waals surface area contributed by atoms with Crippen molar-refractivity contribution in [3.63, 3.8) is 0 Å². The van der Waals surface area contributed by atoms with Crippen molar-refractivity contribution in [3.05, 3.63) is 59.7 Å². The lowest BCUT2D eigenvalue weighted by Gasteiger charge is -2.10. The molecule has 6 heteroatoms. The minimum absolute atomic E-state index is 0.0908. The molecule has 23 heavy (non-hydrogen) atoms. The summed E-state index contributed by atoms with van der Waals surface area (Å²) in [6, 6.07) is 13.7. The molecule has 0 aliphatic carbocycles. The van der Waals surface area contributed by atoms with Crippen LogP contribution in [0, 0.1) is 0 Å². The molecule has 1 amide bonds. The van der Waals surface area contributed by atoms with E-state index >= 15 is 0 Å². The summed E-state index contributed by atoms with van der Waals surface area (Å²) in [5.41, 5.74) is 0. The van der Waals surface area contributed by atoms with Crippen molar-refractivity contribution in [1.82, 2.24) is 10.3 Å². The lowest BCUT2D eigenvalue weighted by molar-refractivity contribution is -0.119. The van der Waals surface area contributed by atoms with Crippen LogP contribution in [-0.2, 0) is 4.79 Å². The van der Waals surface area contributed by atoms with Crippen LogP contribution in [0.1, 0.15) is 11.0 Å². The Morgan fingerprint density at radius 2 is 2.04 bits per heavy atom. The monoisotopic (exact) mass is 344 g/mol. The highest BCUT2D eigenvalue weighted by atomic mass is 32.2. The van der Waals surface area contributed by atoms with Crippen molar-refractivity contribution in [2.24, 2.45) is 0 Å². The topological polar surface area (TPSA) is 62.2 Å². The van der Waals surface area contributed by atoms with Crippen LogP contribution in [-0.4, -0.2) is 28.3 Å². The van der Waals surface area contributed by atoms with Crippen molar-refractivity contribution in [2.75, 3.05) is 12.3 Å². The van der Waals surface area contributed by atoms with Gasteiger partial charge in [-0.1, -0.05) is 18.2 Å². The van der Waals surface area contributed by atoms with E-state index in [9.17, 15) is 9.90 Å². The third kappa shape index (κ3) is 4.31. The van der Waals surface area contributed by atoms with E-state index < -0.39 is 6.10 Å². The number of carbonyl (C=O) groups excluding carboxylic acids is 1. The number of thioether (sulfide) groups is 1. The first-order valence-electron chi connectivity index (χ1n) is 7.18. The van der Waals surface area contributed by atoms with Crippen LogP contribution in [0.5, 0.6) is 0 Å². The molecule has 0 bridgehead atoms. The molecule has 0 saturated heterocycles. The normalized spacial score (nSPS) is 12.2. The van der Waals surface area contributed by atoms with Gasteiger partial charge in [0.2, 0.25) is 5.91 Å². The van der Waals surface area contributed by atoms with Crippen LogP contribution in [0.3, 0.4) is 0 Å². The predicted molar refractivity (Wildman–Crippen MR) is 94.8 cm³/mol. The molecule has 0 fully saturated rings. The number of benzene rings is 1. The molecular weight excluding hydrogens is 328 g/mol. The number of carbonyl (C=O) groups is 1. The Bertz CT molecular complexity index is 756. The Labute approximate surface area is 142 Å². The summed E-state index contributed by atoms with van der Waals surface area (Å²) in [7, 11) is 0. The van der Waals surface area contributed by atoms with Crippen molar-refractivity contribution in [2.45, 2.75) is 11.0 Å². The Balaban J connectivity index is 1.50. The number of rotatable bonds is 6. The first-order valence-corrected chi connectivity index (χ1v) is 8.98. The van der Waals surface area contributed by atoms with Gasteiger partial charge in [0.1, 0.15) is 6.10 Å². The Morgan fingerprint density at radius 1 is 1.26 bits per heavy atom. The number of aliphatic hydroxyl groups excluding tert-OH is 1. The number of fused-ring (bicyclic) bond motifs is 1. The molecule has 0 spiro atoms. The van der Waals surface area contributed by atoms with Gasteiger partial charge in [-0.3, -0.25) is 9.78 Å². The van der Waals surface area contributed by atoms with E-state index in [0.717, 1.165) is 19.9 Å². The van der Waals surface area contributed by atoms with Gasteiger partial charge in [0, 0.05) is 33.4 Å². The van der Waals surface area contributed by atoms with Crippen LogP contribution < -0.4 is 5.32 Å². The fourth-order valence-electron chi connectivity index (χ4n) is 2.11. The average molecular weight is 344 g/mol. The smallest absolute Gasteiger partial charge is 0.230 e. The number of nitrogens with one attached hydrogen (secondary N) is 1. The molecule has 2 N–H and O–H groups in total. The highest BCUT2D eigenvalue weighted by molar-refractivity contribution is 8.00. The van der Waals surface area contributed by atoms with Gasteiger partial charge >= 0.3 is 0 Å². The van der Waals surface area contributed by atoms with Gasteiger partial charge in [-0.25, -0.2) is 0 Å². The van der Waals surface area contributed by atoms with Crippen LogP contribution >= 0.6 is 23.1 Å². The van der Waals surface area contributed by atoms with E-state index in [1.54, 1.807) is 23.7 Å². The summed E-state index contributed by atoms with van der Waals surface area (Å²) >= 11 is 3.00. The third-order valence-corrected chi connectivity index (χ3v) is 5.51. The summed E-state index contributed by atoms with van der Waals surface area (Å²) < 4.78 is 1.14. The van der Waals surface area contributed by atoms with E-state index in [0.29, 0.717) is 5.75 Å². The number of hydrogen-bond acceptors (Lipinski definition) is 5. The summed E-state index contributed by atoms with van der Waals surface area (Å²) in [4.78, 5) is 17.7. The maximum absolute atomic E-state index is 11.9. The second-order valence-electron chi connectivity index (χ2n) is 4.98. The molecule has 3 rings (SSSR count). The maximum Gasteiger partial charge on any atom is 0.230 e. The average Bonchev–Trinajstić information content (AvgIpc) is 3.03. The van der Waals surface area contributed by atoms with Gasteiger partial charge < -0.3 is 10.4 Å². The van der Waals surface area contributed by atoms with Crippen molar-refractivity contribution < 1.29 is 9.90 Å². The lowest BCUT2D eigenvalue weighted by atomic mass is 10.2. The van der Waals surface area contributed by atoms with Gasteiger partial charge in [-0.15, -0.1) is 23.1 Å². The largest absolute Gasteiger partial charge is 0.386 e. The van der Waals surface area contributed by atoms with E-state index in [1.807, 2.05) is 42.5 Å². The molecule has 1 atom stereocenters. The number of aliphatic hydroxyl groups is 1. The van der Waals surface area contributed by atoms with Gasteiger partial charge in [0.15, 0.2) is 0 Å². The van der Waals surface area contributed by atoms with Gasteiger partial charge in [-0.2, -0.15) is 0 Å². The van der Waals surface area contributed by atoms with Crippen LogP contribution in [0.15, 0.2) is 59.8 Å². The number of nitrogens with zero attached hydrogens (tertiary/aromatic N) is 1. The van der Waals surface area contributed by atoms with Gasteiger partial charge in [0.05, 0.1) is 5.75 Å². The molecular formula is C17H16N2O2S2. The quantitative estimate of drug-likeness (QED) is 0.674. The molecule has 2 aromatic heterocycles. The lowest BCUT2D eigenvalue weighted by Crippen LogP contribution is -2.29. The van der Waals surface area contributed by atoms with Crippen LogP contribution in [0.2, 0.25) is 0 Å². The Hall–Kier alpha value is -1.89. The summed E-state index contributed by atoms with van der Waals surface area (Å²) in [5, 5.41) is 14.1. The number of thiophene rings is 1. The standard InChI is InChI=1S/C17H16N2O2S2/c20-14(16-9-12-3-1-2-4-15(12)23-16)10-19-17(21)11-22-13-5-7-18-8-6-13/h1-9,14,20H,10-11H2,(H,19,21). The molecule has 0 radical (unpaired) electrons. The predicted octanol–water partition coefficient (Wildman–Crippen LogP) is 3.24. The molecule has 0 saturated carbocycles. The number of hydrogen-bond donors (Lipinski definition) is 2. The zero-order chi connectivity index (χ0) is 16.1. The van der Waals surface area contributed by atoms with E-state index in [2.05, 4.69) is 10.3 Å². The van der Waals surface area contributed by atoms with E-state index in [1.165, 1.54) is 11.8 Å². The van der Waals surface area contributed by atoms with Crippen molar-refractivity contribution in [1.29, 1.82) is 0 Å². The zero-order valence-corrected chi connectivity index (χ0v) is 13.9. The van der Waals surface area contributed by atoms with E-state index in [-0.39, 0.29) is 12.5 Å². The molecule has 0 aliphatic heterocycles. The van der Waals surface area contributed by atoms with Crippen LogP contribution in [0.4, 0.5) is 0 Å².